The van der Waals surface area contributed by atoms with Crippen LogP contribution in [0.15, 0.2) is 4.99 Å². The molecule has 0 saturated heterocycles. The van der Waals surface area contributed by atoms with Crippen LogP contribution in [0.5, 0.6) is 0 Å². The van der Waals surface area contributed by atoms with Crippen LogP contribution in [0.4, 0.5) is 0 Å². The van der Waals surface area contributed by atoms with Crippen molar-refractivity contribution < 1.29 is 13.3 Å². The van der Waals surface area contributed by atoms with Crippen molar-refractivity contribution >= 4 is 15.5 Å². The molecular formula is C11H29N3O3Si. The van der Waals surface area contributed by atoms with Crippen LogP contribution in [0.3, 0.4) is 0 Å². The SMILES string of the molecule is CCO[SiH](OCC)OCC.CN=C(NC)N(C)C. The first-order valence-corrected chi connectivity index (χ1v) is 7.65. The summed E-state index contributed by atoms with van der Waals surface area (Å²) in [6.45, 7) is 7.86. The van der Waals surface area contributed by atoms with Gasteiger partial charge in [-0.2, -0.15) is 0 Å². The van der Waals surface area contributed by atoms with Crippen LogP contribution in [-0.2, 0) is 13.3 Å². The molecule has 110 valence electrons. The lowest BCUT2D eigenvalue weighted by molar-refractivity contribution is 0.107. The van der Waals surface area contributed by atoms with E-state index in [1.165, 1.54) is 0 Å². The fourth-order valence-electron chi connectivity index (χ4n) is 1.09. The molecule has 0 rings (SSSR count). The van der Waals surface area contributed by atoms with E-state index in [2.05, 4.69) is 10.3 Å². The van der Waals surface area contributed by atoms with Gasteiger partial charge >= 0.3 is 9.53 Å². The van der Waals surface area contributed by atoms with Gasteiger partial charge in [-0.05, 0) is 20.8 Å². The first kappa shape index (κ1) is 19.7. The van der Waals surface area contributed by atoms with E-state index in [0.717, 1.165) is 5.96 Å². The van der Waals surface area contributed by atoms with Gasteiger partial charge in [-0.3, -0.25) is 4.99 Å². The molecule has 0 aliphatic rings. The van der Waals surface area contributed by atoms with Gasteiger partial charge in [0.25, 0.3) is 0 Å². The number of hydrogen-bond acceptors (Lipinski definition) is 4. The third-order valence-corrected chi connectivity index (χ3v) is 3.58. The van der Waals surface area contributed by atoms with Gasteiger partial charge in [-0.25, -0.2) is 0 Å². The second-order valence-electron chi connectivity index (χ2n) is 3.35. The van der Waals surface area contributed by atoms with Gasteiger partial charge in [0.1, 0.15) is 0 Å². The Balaban J connectivity index is 0. The van der Waals surface area contributed by atoms with Gasteiger partial charge in [0.15, 0.2) is 5.96 Å². The third kappa shape index (κ3) is 11.8. The van der Waals surface area contributed by atoms with Crippen molar-refractivity contribution in [3.8, 4) is 0 Å². The summed E-state index contributed by atoms with van der Waals surface area (Å²) in [4.78, 5) is 5.85. The molecule has 0 atom stereocenters. The molecule has 0 aromatic carbocycles. The van der Waals surface area contributed by atoms with Crippen LogP contribution in [0.2, 0.25) is 0 Å². The lowest BCUT2D eigenvalue weighted by atomic mass is 10.8. The first-order chi connectivity index (χ1) is 8.56. The van der Waals surface area contributed by atoms with Crippen LogP contribution in [0, 0.1) is 0 Å². The fraction of sp³-hybridized carbons (Fsp3) is 0.909. The van der Waals surface area contributed by atoms with E-state index >= 15 is 0 Å². The predicted octanol–water partition coefficient (Wildman–Crippen LogP) is 0.566. The van der Waals surface area contributed by atoms with Crippen LogP contribution in [0.25, 0.3) is 0 Å². The molecule has 0 unspecified atom stereocenters. The van der Waals surface area contributed by atoms with Crippen LogP contribution in [-0.4, -0.2) is 68.4 Å². The summed E-state index contributed by atoms with van der Waals surface area (Å²) in [5.41, 5.74) is 0. The van der Waals surface area contributed by atoms with Gasteiger partial charge in [0.05, 0.1) is 0 Å². The Hall–Kier alpha value is -0.633. The summed E-state index contributed by atoms with van der Waals surface area (Å²) < 4.78 is 15.7. The van der Waals surface area contributed by atoms with Gasteiger partial charge < -0.3 is 23.5 Å². The number of aliphatic imine (C=N–C) groups is 1. The zero-order chi connectivity index (χ0) is 14.4. The minimum absolute atomic E-state index is 0.677. The zero-order valence-corrected chi connectivity index (χ0v) is 14.0. The summed E-state index contributed by atoms with van der Waals surface area (Å²) in [5, 5.41) is 2.93. The summed E-state index contributed by atoms with van der Waals surface area (Å²) in [5.74, 6) is 0.894. The van der Waals surface area contributed by atoms with Crippen LogP contribution >= 0.6 is 0 Å². The molecule has 0 heterocycles. The molecule has 0 saturated carbocycles. The standard InChI is InChI=1S/C6H16O3Si.C5H13N3/c1-4-7-10(8-5-2)9-6-3;1-6-5(7-2)8(3)4/h10H,4-6H2,1-3H3;1-4H3,(H,6,7). The Morgan fingerprint density at radius 1 is 1.06 bits per heavy atom. The molecular weight excluding hydrogens is 250 g/mol. The lowest BCUT2D eigenvalue weighted by Gasteiger charge is -2.12. The Labute approximate surface area is 113 Å². The summed E-state index contributed by atoms with van der Waals surface area (Å²) in [7, 11) is 5.76. The first-order valence-electron chi connectivity index (χ1n) is 6.23. The number of nitrogens with one attached hydrogen (secondary N) is 1. The highest BCUT2D eigenvalue weighted by molar-refractivity contribution is 6.36. The Morgan fingerprint density at radius 2 is 1.44 bits per heavy atom. The molecule has 0 aromatic rings. The minimum Gasteiger partial charge on any atom is -0.376 e. The molecule has 18 heavy (non-hydrogen) atoms. The van der Waals surface area contributed by atoms with E-state index in [4.69, 9.17) is 13.3 Å². The highest BCUT2D eigenvalue weighted by Crippen LogP contribution is 1.91. The zero-order valence-electron chi connectivity index (χ0n) is 12.8. The lowest BCUT2D eigenvalue weighted by Crippen LogP contribution is -2.33. The third-order valence-electron chi connectivity index (χ3n) is 1.77. The van der Waals surface area contributed by atoms with Crippen molar-refractivity contribution in [2.45, 2.75) is 20.8 Å². The van der Waals surface area contributed by atoms with Gasteiger partial charge in [-0.15, -0.1) is 0 Å². The van der Waals surface area contributed by atoms with Crippen molar-refractivity contribution in [1.82, 2.24) is 10.2 Å². The van der Waals surface area contributed by atoms with Crippen LogP contribution < -0.4 is 5.32 Å². The topological polar surface area (TPSA) is 55.3 Å². The molecule has 0 aliphatic heterocycles. The fourth-order valence-corrected chi connectivity index (χ4v) is 2.19. The van der Waals surface area contributed by atoms with E-state index in [9.17, 15) is 0 Å². The molecule has 6 nitrogen and oxygen atoms in total. The minimum atomic E-state index is -1.73. The van der Waals surface area contributed by atoms with E-state index in [1.54, 1.807) is 7.05 Å². The molecule has 0 aromatic heterocycles. The molecule has 0 fully saturated rings. The normalized spacial score (nSPS) is 11.0. The van der Waals surface area contributed by atoms with Gasteiger partial charge in [-0.1, -0.05) is 0 Å². The summed E-state index contributed by atoms with van der Waals surface area (Å²) in [6.07, 6.45) is 0. The van der Waals surface area contributed by atoms with Crippen molar-refractivity contribution in [3.63, 3.8) is 0 Å². The van der Waals surface area contributed by atoms with E-state index in [1.807, 2.05) is 46.8 Å². The second kappa shape index (κ2) is 14.4. The summed E-state index contributed by atoms with van der Waals surface area (Å²) >= 11 is 0. The quantitative estimate of drug-likeness (QED) is 0.437. The Bertz CT molecular complexity index is 190. The summed E-state index contributed by atoms with van der Waals surface area (Å²) in [6, 6.07) is 0. The maximum absolute atomic E-state index is 5.22. The number of hydrogen-bond donors (Lipinski definition) is 1. The largest absolute Gasteiger partial charge is 0.484 e. The van der Waals surface area contributed by atoms with Crippen molar-refractivity contribution in [1.29, 1.82) is 0 Å². The molecule has 0 bridgehead atoms. The van der Waals surface area contributed by atoms with Gasteiger partial charge in [0, 0.05) is 48.0 Å². The van der Waals surface area contributed by atoms with E-state index in [-0.39, 0.29) is 0 Å². The Kier molecular flexibility index (Phi) is 15.8. The highest BCUT2D eigenvalue weighted by Gasteiger charge is 2.11. The Morgan fingerprint density at radius 3 is 1.56 bits per heavy atom. The monoisotopic (exact) mass is 279 g/mol. The van der Waals surface area contributed by atoms with E-state index < -0.39 is 9.53 Å². The van der Waals surface area contributed by atoms with Crippen LogP contribution in [0.1, 0.15) is 20.8 Å². The van der Waals surface area contributed by atoms with Crippen molar-refractivity contribution in [3.05, 3.63) is 0 Å². The molecule has 1 N–H and O–H groups in total. The molecule has 0 amide bonds. The number of rotatable bonds is 6. The van der Waals surface area contributed by atoms with Crippen molar-refractivity contribution in [2.24, 2.45) is 4.99 Å². The average Bonchev–Trinajstić information content (AvgIpc) is 2.32. The maximum Gasteiger partial charge on any atom is 0.484 e. The smallest absolute Gasteiger partial charge is 0.376 e. The number of guanidine groups is 1. The van der Waals surface area contributed by atoms with Crippen molar-refractivity contribution in [2.75, 3.05) is 48.0 Å². The molecule has 0 aliphatic carbocycles. The maximum atomic E-state index is 5.22. The average molecular weight is 279 g/mol. The molecule has 0 radical (unpaired) electrons. The molecule has 7 heteroatoms. The van der Waals surface area contributed by atoms with Gasteiger partial charge in [0.2, 0.25) is 0 Å². The molecule has 0 spiro atoms. The second-order valence-corrected chi connectivity index (χ2v) is 4.92. The highest BCUT2D eigenvalue weighted by atomic mass is 28.3. The predicted molar refractivity (Wildman–Crippen MR) is 78.1 cm³/mol. The number of nitrogens with zero attached hydrogens (tertiary/aromatic N) is 2. The van der Waals surface area contributed by atoms with E-state index in [0.29, 0.717) is 19.8 Å².